The molecule has 0 aliphatic heterocycles. The van der Waals surface area contributed by atoms with Crippen LogP contribution in [0.15, 0.2) is 53.4 Å². The van der Waals surface area contributed by atoms with Gasteiger partial charge in [-0.15, -0.1) is 12.4 Å². The number of halogens is 1. The fourth-order valence-corrected chi connectivity index (χ4v) is 3.52. The molecular formula is C21H25ClN2O2S. The van der Waals surface area contributed by atoms with Gasteiger partial charge in [-0.05, 0) is 65.1 Å². The second-order valence-corrected chi connectivity index (χ2v) is 7.00. The number of nitrogens with zero attached hydrogens (tertiary/aromatic N) is 1. The largest absolute Gasteiger partial charge is 0.493 e. The van der Waals surface area contributed by atoms with Crippen molar-refractivity contribution in [3.05, 3.63) is 75.7 Å². The lowest BCUT2D eigenvalue weighted by Gasteiger charge is -2.19. The van der Waals surface area contributed by atoms with E-state index in [4.69, 9.17) is 9.47 Å². The summed E-state index contributed by atoms with van der Waals surface area (Å²) >= 11 is 1.72. The summed E-state index contributed by atoms with van der Waals surface area (Å²) in [5.41, 5.74) is 4.69. The zero-order valence-electron chi connectivity index (χ0n) is 15.8. The monoisotopic (exact) mass is 404 g/mol. The molecule has 3 aromatic rings. The Bertz CT molecular complexity index is 823. The lowest BCUT2D eigenvalue weighted by atomic mass is 10.0. The number of thiophene rings is 1. The van der Waals surface area contributed by atoms with E-state index in [0.717, 1.165) is 35.7 Å². The third kappa shape index (κ3) is 5.70. The van der Waals surface area contributed by atoms with Crippen molar-refractivity contribution in [2.45, 2.75) is 25.9 Å². The second-order valence-electron chi connectivity index (χ2n) is 6.22. The molecule has 0 bridgehead atoms. The highest BCUT2D eigenvalue weighted by Crippen LogP contribution is 2.28. The van der Waals surface area contributed by atoms with E-state index in [-0.39, 0.29) is 18.4 Å². The van der Waals surface area contributed by atoms with Crippen LogP contribution in [-0.4, -0.2) is 19.2 Å². The highest BCUT2D eigenvalue weighted by molar-refractivity contribution is 7.07. The molecular weight excluding hydrogens is 380 g/mol. The highest BCUT2D eigenvalue weighted by Gasteiger charge is 2.14. The Morgan fingerprint density at radius 3 is 2.48 bits per heavy atom. The molecule has 0 saturated carbocycles. The Kier molecular flexibility index (Phi) is 8.10. The summed E-state index contributed by atoms with van der Waals surface area (Å²) in [5.74, 6) is 1.49. The fourth-order valence-electron chi connectivity index (χ4n) is 2.84. The maximum Gasteiger partial charge on any atom is 0.161 e. The minimum atomic E-state index is 0. The average Bonchev–Trinajstić information content (AvgIpc) is 3.18. The van der Waals surface area contributed by atoms with E-state index in [1.54, 1.807) is 25.6 Å². The topological polar surface area (TPSA) is 43.4 Å². The number of nitrogens with one attached hydrogen (secondary N) is 1. The summed E-state index contributed by atoms with van der Waals surface area (Å²) in [7, 11) is 3.31. The van der Waals surface area contributed by atoms with Gasteiger partial charge in [0.25, 0.3) is 0 Å². The van der Waals surface area contributed by atoms with Crippen LogP contribution in [-0.2, 0) is 13.0 Å². The van der Waals surface area contributed by atoms with Crippen LogP contribution in [0.25, 0.3) is 0 Å². The molecule has 27 heavy (non-hydrogen) atoms. The number of methoxy groups -OCH3 is 2. The smallest absolute Gasteiger partial charge is 0.161 e. The number of hydrogen-bond donors (Lipinski definition) is 1. The van der Waals surface area contributed by atoms with Gasteiger partial charge in [-0.2, -0.15) is 11.3 Å². The molecule has 1 N–H and O–H groups in total. The molecule has 0 amide bonds. The van der Waals surface area contributed by atoms with E-state index in [1.807, 2.05) is 18.3 Å². The molecule has 0 aliphatic carbocycles. The Labute approximate surface area is 171 Å². The molecule has 2 aromatic heterocycles. The van der Waals surface area contributed by atoms with Crippen molar-refractivity contribution in [1.82, 2.24) is 10.3 Å². The van der Waals surface area contributed by atoms with Crippen LogP contribution in [0.2, 0.25) is 0 Å². The van der Waals surface area contributed by atoms with Gasteiger partial charge in [0.1, 0.15) is 0 Å². The Morgan fingerprint density at radius 1 is 1.04 bits per heavy atom. The van der Waals surface area contributed by atoms with Crippen molar-refractivity contribution < 1.29 is 9.47 Å². The first kappa shape index (κ1) is 21.2. The minimum absolute atomic E-state index is 0. The lowest BCUT2D eigenvalue weighted by Crippen LogP contribution is -2.23. The summed E-state index contributed by atoms with van der Waals surface area (Å²) in [4.78, 5) is 4.63. The van der Waals surface area contributed by atoms with Crippen LogP contribution in [0.4, 0.5) is 0 Å². The van der Waals surface area contributed by atoms with Crippen molar-refractivity contribution in [3.63, 3.8) is 0 Å². The SMILES string of the molecule is COc1ccc(CNC(Cc2ccsc2)c2ccc(C)cn2)cc1OC.Cl. The van der Waals surface area contributed by atoms with Crippen LogP contribution in [0.5, 0.6) is 11.5 Å². The van der Waals surface area contributed by atoms with Gasteiger partial charge in [0.05, 0.1) is 26.0 Å². The first-order valence-electron chi connectivity index (χ1n) is 8.57. The summed E-state index contributed by atoms with van der Waals surface area (Å²) in [6.07, 6.45) is 2.83. The summed E-state index contributed by atoms with van der Waals surface area (Å²) in [5, 5.41) is 7.95. The van der Waals surface area contributed by atoms with Crippen LogP contribution in [0.1, 0.15) is 28.4 Å². The van der Waals surface area contributed by atoms with Gasteiger partial charge in [-0.25, -0.2) is 0 Å². The molecule has 0 aliphatic rings. The molecule has 0 radical (unpaired) electrons. The van der Waals surface area contributed by atoms with Crippen molar-refractivity contribution in [2.24, 2.45) is 0 Å². The van der Waals surface area contributed by atoms with Crippen LogP contribution >= 0.6 is 23.7 Å². The number of ether oxygens (including phenoxy) is 2. The zero-order chi connectivity index (χ0) is 18.4. The maximum atomic E-state index is 5.40. The third-order valence-electron chi connectivity index (χ3n) is 4.31. The van der Waals surface area contributed by atoms with Crippen molar-refractivity contribution >= 4 is 23.7 Å². The van der Waals surface area contributed by atoms with Gasteiger partial charge in [-0.3, -0.25) is 4.98 Å². The fraction of sp³-hybridized carbons (Fsp3) is 0.286. The van der Waals surface area contributed by atoms with Gasteiger partial charge >= 0.3 is 0 Å². The van der Waals surface area contributed by atoms with Crippen LogP contribution in [0.3, 0.4) is 0 Å². The van der Waals surface area contributed by atoms with E-state index >= 15 is 0 Å². The van der Waals surface area contributed by atoms with Gasteiger partial charge in [0.2, 0.25) is 0 Å². The number of rotatable bonds is 8. The van der Waals surface area contributed by atoms with Gasteiger partial charge < -0.3 is 14.8 Å². The Morgan fingerprint density at radius 2 is 1.85 bits per heavy atom. The predicted molar refractivity (Wildman–Crippen MR) is 113 cm³/mol. The zero-order valence-corrected chi connectivity index (χ0v) is 17.4. The Balaban J connectivity index is 0.00000261. The number of hydrogen-bond acceptors (Lipinski definition) is 5. The first-order chi connectivity index (χ1) is 12.7. The standard InChI is InChI=1S/C21H24N2O2S.ClH/c1-15-4-6-18(22-12-15)19(10-17-8-9-26-14-17)23-13-16-5-7-20(24-2)21(11-16)25-3;/h4-9,11-12,14,19,23H,10,13H2,1-3H3;1H. The van der Waals surface area contributed by atoms with E-state index in [0.29, 0.717) is 0 Å². The first-order valence-corrected chi connectivity index (χ1v) is 9.52. The molecule has 1 unspecified atom stereocenters. The van der Waals surface area contributed by atoms with Gasteiger partial charge in [-0.1, -0.05) is 12.1 Å². The molecule has 1 atom stereocenters. The molecule has 0 spiro atoms. The molecule has 0 saturated heterocycles. The highest BCUT2D eigenvalue weighted by atomic mass is 35.5. The maximum absolute atomic E-state index is 5.40. The third-order valence-corrected chi connectivity index (χ3v) is 5.04. The number of benzene rings is 1. The minimum Gasteiger partial charge on any atom is -0.493 e. The van der Waals surface area contributed by atoms with Crippen molar-refractivity contribution in [3.8, 4) is 11.5 Å². The molecule has 0 fully saturated rings. The van der Waals surface area contributed by atoms with Gasteiger partial charge in [0.15, 0.2) is 11.5 Å². The summed E-state index contributed by atoms with van der Waals surface area (Å²) in [6, 6.07) is 12.5. The van der Waals surface area contributed by atoms with E-state index in [1.165, 1.54) is 11.1 Å². The number of aromatic nitrogens is 1. The molecule has 4 nitrogen and oxygen atoms in total. The predicted octanol–water partition coefficient (Wildman–Crippen LogP) is 4.96. The summed E-state index contributed by atoms with van der Waals surface area (Å²) < 4.78 is 10.7. The van der Waals surface area contributed by atoms with Crippen LogP contribution in [0, 0.1) is 6.92 Å². The molecule has 6 heteroatoms. The molecule has 3 rings (SSSR count). The second kappa shape index (κ2) is 10.3. The molecule has 2 heterocycles. The van der Waals surface area contributed by atoms with Crippen molar-refractivity contribution in [2.75, 3.05) is 14.2 Å². The average molecular weight is 405 g/mol. The van der Waals surface area contributed by atoms with E-state index < -0.39 is 0 Å². The van der Waals surface area contributed by atoms with Gasteiger partial charge in [0, 0.05) is 12.7 Å². The molecule has 144 valence electrons. The lowest BCUT2D eigenvalue weighted by molar-refractivity contribution is 0.354. The van der Waals surface area contributed by atoms with E-state index in [2.05, 4.69) is 52.3 Å². The normalized spacial score (nSPS) is 11.5. The van der Waals surface area contributed by atoms with Crippen LogP contribution < -0.4 is 14.8 Å². The summed E-state index contributed by atoms with van der Waals surface area (Å²) in [6.45, 7) is 2.78. The molecule has 1 aromatic carbocycles. The Hall–Kier alpha value is -2.08. The number of aryl methyl sites for hydroxylation is 1. The van der Waals surface area contributed by atoms with E-state index in [9.17, 15) is 0 Å². The van der Waals surface area contributed by atoms with Crippen molar-refractivity contribution in [1.29, 1.82) is 0 Å². The quantitative estimate of drug-likeness (QED) is 0.576. The number of pyridine rings is 1.